The third-order valence-electron chi connectivity index (χ3n) is 5.28. The normalized spacial score (nSPS) is 31.6. The highest BCUT2D eigenvalue weighted by atomic mass is 15.2. The molecule has 0 aromatic heterocycles. The van der Waals surface area contributed by atoms with E-state index in [0.717, 1.165) is 12.5 Å². The van der Waals surface area contributed by atoms with Crippen LogP contribution in [0.1, 0.15) is 56.2 Å². The highest BCUT2D eigenvalue weighted by molar-refractivity contribution is 5.31. The molecular weight excluding hydrogens is 244 g/mol. The van der Waals surface area contributed by atoms with E-state index in [9.17, 15) is 0 Å². The second-order valence-electron chi connectivity index (χ2n) is 6.72. The summed E-state index contributed by atoms with van der Waals surface area (Å²) in [5.74, 6) is 0.834. The first-order valence-corrected chi connectivity index (χ1v) is 8.33. The van der Waals surface area contributed by atoms with Crippen molar-refractivity contribution in [2.24, 2.45) is 11.7 Å². The Balaban J connectivity index is 1.88. The molecule has 0 spiro atoms. The van der Waals surface area contributed by atoms with Crippen LogP contribution in [0.25, 0.3) is 0 Å². The molecule has 0 radical (unpaired) electrons. The Hall–Kier alpha value is -0.860. The van der Waals surface area contributed by atoms with E-state index in [1.54, 1.807) is 11.1 Å². The molecule has 1 saturated heterocycles. The summed E-state index contributed by atoms with van der Waals surface area (Å²) in [6.07, 6.45) is 7.85. The quantitative estimate of drug-likeness (QED) is 0.835. The van der Waals surface area contributed by atoms with Gasteiger partial charge in [-0.2, -0.15) is 0 Å². The van der Waals surface area contributed by atoms with E-state index < -0.39 is 0 Å². The summed E-state index contributed by atoms with van der Waals surface area (Å²) in [6, 6.07) is 10.3. The molecule has 1 heterocycles. The van der Waals surface area contributed by atoms with E-state index in [0.29, 0.717) is 12.1 Å². The lowest BCUT2D eigenvalue weighted by atomic mass is 9.88. The average Bonchev–Trinajstić information content (AvgIpc) is 2.69. The Morgan fingerprint density at radius 3 is 2.90 bits per heavy atom. The number of likely N-dealkylation sites (tertiary alicyclic amines) is 1. The van der Waals surface area contributed by atoms with Crippen LogP contribution in [0.5, 0.6) is 0 Å². The van der Waals surface area contributed by atoms with Crippen molar-refractivity contribution >= 4 is 0 Å². The number of fused-ring (bicyclic) bond motifs is 1. The predicted molar refractivity (Wildman–Crippen MR) is 84.7 cm³/mol. The van der Waals surface area contributed by atoms with Gasteiger partial charge in [-0.3, -0.25) is 4.90 Å². The SMILES string of the molecule is CC1CCN(C2CCCCc3ccccc32)C(CN)C1. The van der Waals surface area contributed by atoms with Crippen LogP contribution in [-0.2, 0) is 6.42 Å². The number of aryl methyl sites for hydroxylation is 1. The molecule has 20 heavy (non-hydrogen) atoms. The number of nitrogens with zero attached hydrogens (tertiary/aromatic N) is 1. The summed E-state index contributed by atoms with van der Waals surface area (Å²) < 4.78 is 0. The molecule has 110 valence electrons. The van der Waals surface area contributed by atoms with Crippen LogP contribution < -0.4 is 5.73 Å². The standard InChI is InChI=1S/C18H28N2/c1-14-10-11-20(16(12-14)13-19)18-9-5-3-7-15-6-2-4-8-17(15)18/h2,4,6,8,14,16,18H,3,5,7,9-13,19H2,1H3. The maximum Gasteiger partial charge on any atom is 0.0354 e. The number of benzene rings is 1. The van der Waals surface area contributed by atoms with Crippen molar-refractivity contribution in [2.45, 2.75) is 57.5 Å². The Kier molecular flexibility index (Phi) is 4.42. The summed E-state index contributed by atoms with van der Waals surface area (Å²) in [5.41, 5.74) is 9.23. The second-order valence-corrected chi connectivity index (χ2v) is 6.72. The zero-order chi connectivity index (χ0) is 13.9. The fourth-order valence-electron chi connectivity index (χ4n) is 4.15. The number of hydrogen-bond acceptors (Lipinski definition) is 2. The van der Waals surface area contributed by atoms with Gasteiger partial charge in [0, 0.05) is 18.6 Å². The van der Waals surface area contributed by atoms with Gasteiger partial charge in [0.15, 0.2) is 0 Å². The number of nitrogens with two attached hydrogens (primary N) is 1. The van der Waals surface area contributed by atoms with Gasteiger partial charge in [0.2, 0.25) is 0 Å². The minimum absolute atomic E-state index is 0.579. The second kappa shape index (κ2) is 6.28. The molecule has 0 amide bonds. The van der Waals surface area contributed by atoms with Crippen molar-refractivity contribution in [1.82, 2.24) is 4.90 Å². The molecule has 3 atom stereocenters. The van der Waals surface area contributed by atoms with Crippen LogP contribution in [0.4, 0.5) is 0 Å². The highest BCUT2D eigenvalue weighted by Crippen LogP contribution is 2.37. The van der Waals surface area contributed by atoms with Crippen molar-refractivity contribution in [1.29, 1.82) is 0 Å². The van der Waals surface area contributed by atoms with E-state index in [2.05, 4.69) is 36.1 Å². The molecule has 3 rings (SSSR count). The minimum atomic E-state index is 0.579. The molecule has 3 unspecified atom stereocenters. The molecule has 0 saturated carbocycles. The molecule has 1 fully saturated rings. The Labute approximate surface area is 123 Å². The van der Waals surface area contributed by atoms with Crippen LogP contribution in [0, 0.1) is 5.92 Å². The van der Waals surface area contributed by atoms with Crippen molar-refractivity contribution in [3.63, 3.8) is 0 Å². The summed E-state index contributed by atoms with van der Waals surface area (Å²) in [4.78, 5) is 2.73. The monoisotopic (exact) mass is 272 g/mol. The Morgan fingerprint density at radius 1 is 1.20 bits per heavy atom. The summed E-state index contributed by atoms with van der Waals surface area (Å²) in [6.45, 7) is 4.41. The zero-order valence-corrected chi connectivity index (χ0v) is 12.7. The van der Waals surface area contributed by atoms with Crippen molar-refractivity contribution in [2.75, 3.05) is 13.1 Å². The lowest BCUT2D eigenvalue weighted by Crippen LogP contribution is -2.47. The van der Waals surface area contributed by atoms with Crippen LogP contribution in [0.2, 0.25) is 0 Å². The first kappa shape index (κ1) is 14.1. The van der Waals surface area contributed by atoms with E-state index in [4.69, 9.17) is 5.73 Å². The smallest absolute Gasteiger partial charge is 0.0354 e. The Bertz CT molecular complexity index is 443. The fraction of sp³-hybridized carbons (Fsp3) is 0.667. The van der Waals surface area contributed by atoms with Gasteiger partial charge in [-0.15, -0.1) is 0 Å². The first-order valence-electron chi connectivity index (χ1n) is 8.33. The topological polar surface area (TPSA) is 29.3 Å². The van der Waals surface area contributed by atoms with Gasteiger partial charge >= 0.3 is 0 Å². The van der Waals surface area contributed by atoms with Gasteiger partial charge < -0.3 is 5.73 Å². The van der Waals surface area contributed by atoms with Gasteiger partial charge in [0.1, 0.15) is 0 Å². The first-order chi connectivity index (χ1) is 9.79. The molecule has 1 aromatic rings. The molecule has 0 bridgehead atoms. The number of rotatable bonds is 2. The van der Waals surface area contributed by atoms with Crippen molar-refractivity contribution < 1.29 is 0 Å². The third-order valence-corrected chi connectivity index (χ3v) is 5.28. The third kappa shape index (κ3) is 2.77. The lowest BCUT2D eigenvalue weighted by molar-refractivity contribution is 0.0708. The maximum atomic E-state index is 6.08. The largest absolute Gasteiger partial charge is 0.329 e. The minimum Gasteiger partial charge on any atom is -0.329 e. The molecule has 1 aromatic carbocycles. The van der Waals surface area contributed by atoms with Gasteiger partial charge in [0.05, 0.1) is 0 Å². The van der Waals surface area contributed by atoms with Gasteiger partial charge in [0.25, 0.3) is 0 Å². The van der Waals surface area contributed by atoms with Gasteiger partial charge in [-0.25, -0.2) is 0 Å². The maximum absolute atomic E-state index is 6.08. The summed E-state index contributed by atoms with van der Waals surface area (Å²) in [5, 5.41) is 0. The number of hydrogen-bond donors (Lipinski definition) is 1. The molecule has 2 aliphatic rings. The lowest BCUT2D eigenvalue weighted by Gasteiger charge is -2.43. The van der Waals surface area contributed by atoms with Crippen LogP contribution in [0.3, 0.4) is 0 Å². The fourth-order valence-corrected chi connectivity index (χ4v) is 4.15. The average molecular weight is 272 g/mol. The summed E-state index contributed by atoms with van der Waals surface area (Å²) >= 11 is 0. The zero-order valence-electron chi connectivity index (χ0n) is 12.7. The molecule has 2 heteroatoms. The predicted octanol–water partition coefficient (Wildman–Crippen LogP) is 3.51. The van der Waals surface area contributed by atoms with Crippen LogP contribution in [0.15, 0.2) is 24.3 Å². The van der Waals surface area contributed by atoms with E-state index in [1.165, 1.54) is 45.1 Å². The molecule has 1 aliphatic heterocycles. The molecule has 2 N–H and O–H groups in total. The molecule has 1 aliphatic carbocycles. The molecular formula is C18H28N2. The van der Waals surface area contributed by atoms with E-state index >= 15 is 0 Å². The van der Waals surface area contributed by atoms with Crippen LogP contribution in [-0.4, -0.2) is 24.0 Å². The highest BCUT2D eigenvalue weighted by Gasteiger charge is 2.32. The Morgan fingerprint density at radius 2 is 2.05 bits per heavy atom. The van der Waals surface area contributed by atoms with E-state index in [-0.39, 0.29) is 0 Å². The number of piperidine rings is 1. The van der Waals surface area contributed by atoms with Gasteiger partial charge in [-0.1, -0.05) is 37.6 Å². The van der Waals surface area contributed by atoms with Crippen molar-refractivity contribution in [3.8, 4) is 0 Å². The summed E-state index contributed by atoms with van der Waals surface area (Å²) in [7, 11) is 0. The van der Waals surface area contributed by atoms with E-state index in [1.807, 2.05) is 0 Å². The van der Waals surface area contributed by atoms with Gasteiger partial charge in [-0.05, 0) is 55.7 Å². The van der Waals surface area contributed by atoms with Crippen molar-refractivity contribution in [3.05, 3.63) is 35.4 Å². The van der Waals surface area contributed by atoms with Crippen LogP contribution >= 0.6 is 0 Å². The molecule has 2 nitrogen and oxygen atoms in total.